The van der Waals surface area contributed by atoms with E-state index in [1.807, 2.05) is 61.5 Å². The summed E-state index contributed by atoms with van der Waals surface area (Å²) >= 11 is 0. The minimum Gasteiger partial charge on any atom is -0.430 e. The lowest BCUT2D eigenvalue weighted by Crippen LogP contribution is -1.98. The first kappa shape index (κ1) is 12.7. The quantitative estimate of drug-likeness (QED) is 0.811. The number of rotatable bonds is 4. The Bertz CT molecular complexity index is 552. The molecule has 4 heteroatoms. The van der Waals surface area contributed by atoms with Gasteiger partial charge in [-0.25, -0.2) is 5.16 Å². The molecule has 0 spiro atoms. The summed E-state index contributed by atoms with van der Waals surface area (Å²) in [6.45, 7) is 3.69. The molecule has 0 aliphatic carbocycles. The third-order valence-electron chi connectivity index (χ3n) is 2.32. The Morgan fingerprint density at radius 2 is 1.33 bits per heavy atom. The molecule has 1 atom stereocenters. The molecule has 0 aliphatic rings. The number of aryl methyl sites for hydroxylation is 1. The number of nitrogens with one attached hydrogen (secondary N) is 1. The second-order valence-electron chi connectivity index (χ2n) is 4.15. The second kappa shape index (κ2) is 5.28. The molecule has 3 nitrogen and oxygen atoms in total. The lowest BCUT2D eigenvalue weighted by atomic mass is 10.2. The summed E-state index contributed by atoms with van der Waals surface area (Å²) in [7, 11) is -2.65. The van der Waals surface area contributed by atoms with Crippen molar-refractivity contribution in [2.45, 2.75) is 6.92 Å². The molecular formula is C14H16NO2P. The van der Waals surface area contributed by atoms with E-state index in [0.29, 0.717) is 11.5 Å². The Morgan fingerprint density at radius 3 is 1.89 bits per heavy atom. The zero-order valence-corrected chi connectivity index (χ0v) is 11.4. The molecule has 0 aliphatic heterocycles. The van der Waals surface area contributed by atoms with Gasteiger partial charge in [0.25, 0.3) is 0 Å². The first-order valence-electron chi connectivity index (χ1n) is 5.68. The number of benzene rings is 2. The van der Waals surface area contributed by atoms with Gasteiger partial charge in [-0.2, -0.15) is 0 Å². The minimum absolute atomic E-state index is 0.662. The van der Waals surface area contributed by atoms with Crippen LogP contribution in [-0.4, -0.2) is 6.66 Å². The highest BCUT2D eigenvalue weighted by atomic mass is 31.2. The van der Waals surface area contributed by atoms with Gasteiger partial charge in [0.2, 0.25) is 0 Å². The summed E-state index contributed by atoms with van der Waals surface area (Å²) < 4.78 is 11.2. The molecule has 2 aromatic carbocycles. The molecule has 1 unspecified atom stereocenters. The summed E-state index contributed by atoms with van der Waals surface area (Å²) in [5, 5.41) is 8.12. The lowest BCUT2D eigenvalue weighted by Gasteiger charge is -2.19. The predicted octanol–water partition coefficient (Wildman–Crippen LogP) is 4.69. The molecule has 0 aromatic heterocycles. The monoisotopic (exact) mass is 261 g/mol. The number of hydrogen-bond acceptors (Lipinski definition) is 3. The molecule has 0 radical (unpaired) electrons. The van der Waals surface area contributed by atoms with Crippen molar-refractivity contribution in [1.82, 2.24) is 0 Å². The van der Waals surface area contributed by atoms with Gasteiger partial charge >= 0.3 is 7.51 Å². The van der Waals surface area contributed by atoms with Crippen LogP contribution in [0.1, 0.15) is 5.56 Å². The first-order chi connectivity index (χ1) is 8.55. The molecule has 1 N–H and O–H groups in total. The van der Waals surface area contributed by atoms with Gasteiger partial charge in [0, 0.05) is 6.66 Å². The second-order valence-corrected chi connectivity index (χ2v) is 6.21. The van der Waals surface area contributed by atoms with E-state index in [1.165, 1.54) is 0 Å². The predicted molar refractivity (Wildman–Crippen MR) is 74.4 cm³/mol. The minimum atomic E-state index is -2.65. The van der Waals surface area contributed by atoms with Gasteiger partial charge in [0.05, 0.1) is 0 Å². The molecule has 0 saturated heterocycles. The van der Waals surface area contributed by atoms with Crippen LogP contribution in [-0.2, 0) is 0 Å². The Morgan fingerprint density at radius 1 is 0.833 bits per heavy atom. The van der Waals surface area contributed by atoms with Crippen molar-refractivity contribution in [3.8, 4) is 11.5 Å². The summed E-state index contributed by atoms with van der Waals surface area (Å²) in [6.07, 6.45) is 0. The van der Waals surface area contributed by atoms with Crippen LogP contribution < -0.4 is 9.05 Å². The van der Waals surface area contributed by atoms with E-state index in [9.17, 15) is 0 Å². The van der Waals surface area contributed by atoms with E-state index >= 15 is 0 Å². The largest absolute Gasteiger partial charge is 0.430 e. The van der Waals surface area contributed by atoms with Crippen molar-refractivity contribution in [1.29, 1.82) is 5.16 Å². The van der Waals surface area contributed by atoms with Crippen LogP contribution in [0.3, 0.4) is 0 Å². The molecule has 94 valence electrons. The summed E-state index contributed by atoms with van der Waals surface area (Å²) in [6, 6.07) is 16.9. The lowest BCUT2D eigenvalue weighted by molar-refractivity contribution is 0.478. The molecule has 18 heavy (non-hydrogen) atoms. The van der Waals surface area contributed by atoms with Crippen LogP contribution in [0, 0.1) is 12.1 Å². The SMILES string of the molecule is Cc1ccc(OP(C)(=N)Oc2ccccc2)cc1. The van der Waals surface area contributed by atoms with Gasteiger partial charge in [-0.3, -0.25) is 0 Å². The van der Waals surface area contributed by atoms with Gasteiger partial charge < -0.3 is 9.05 Å². The zero-order valence-electron chi connectivity index (χ0n) is 10.5. The molecule has 0 amide bonds. The fourth-order valence-electron chi connectivity index (χ4n) is 1.50. The van der Waals surface area contributed by atoms with Gasteiger partial charge in [-0.1, -0.05) is 35.9 Å². The van der Waals surface area contributed by atoms with Crippen LogP contribution in [0.25, 0.3) is 0 Å². The van der Waals surface area contributed by atoms with E-state index in [-0.39, 0.29) is 0 Å². The third-order valence-corrected chi connectivity index (χ3v) is 3.44. The maximum Gasteiger partial charge on any atom is 0.308 e. The molecule has 2 aromatic rings. The van der Waals surface area contributed by atoms with Crippen molar-refractivity contribution >= 4 is 7.51 Å². The molecule has 0 bridgehead atoms. The highest BCUT2D eigenvalue weighted by Gasteiger charge is 2.14. The van der Waals surface area contributed by atoms with Crippen molar-refractivity contribution in [3.63, 3.8) is 0 Å². The topological polar surface area (TPSA) is 42.3 Å². The Kier molecular flexibility index (Phi) is 3.73. The van der Waals surface area contributed by atoms with E-state index in [4.69, 9.17) is 14.2 Å². The van der Waals surface area contributed by atoms with Crippen molar-refractivity contribution in [3.05, 3.63) is 60.2 Å². The van der Waals surface area contributed by atoms with E-state index in [2.05, 4.69) is 0 Å². The van der Waals surface area contributed by atoms with Gasteiger partial charge in [-0.05, 0) is 31.2 Å². The fraction of sp³-hybridized carbons (Fsp3) is 0.143. The van der Waals surface area contributed by atoms with Crippen molar-refractivity contribution in [2.24, 2.45) is 0 Å². The van der Waals surface area contributed by atoms with Gasteiger partial charge in [0.15, 0.2) is 0 Å². The fourth-order valence-corrected chi connectivity index (χ4v) is 2.59. The maximum absolute atomic E-state index is 8.12. The van der Waals surface area contributed by atoms with Crippen LogP contribution in [0.5, 0.6) is 11.5 Å². The normalized spacial score (nSPS) is 13.7. The molecule has 2 rings (SSSR count). The van der Waals surface area contributed by atoms with Crippen LogP contribution in [0.15, 0.2) is 54.6 Å². The van der Waals surface area contributed by atoms with Crippen LogP contribution in [0.2, 0.25) is 0 Å². The van der Waals surface area contributed by atoms with E-state index in [0.717, 1.165) is 5.56 Å². The van der Waals surface area contributed by atoms with Gasteiger partial charge in [0.1, 0.15) is 11.5 Å². The highest BCUT2D eigenvalue weighted by molar-refractivity contribution is 7.55. The Labute approximate surface area is 107 Å². The standard InChI is InChI=1S/C14H16NO2P/c1-12-8-10-14(11-9-12)17-18(2,15)16-13-6-4-3-5-7-13/h3-11,15H,1-2H3. The third kappa shape index (κ3) is 3.64. The molecule has 0 saturated carbocycles. The van der Waals surface area contributed by atoms with Gasteiger partial charge in [-0.15, -0.1) is 0 Å². The summed E-state index contributed by atoms with van der Waals surface area (Å²) in [4.78, 5) is 0. The molecule has 0 fully saturated rings. The van der Waals surface area contributed by atoms with Crippen molar-refractivity contribution < 1.29 is 9.05 Å². The average Bonchev–Trinajstić information content (AvgIpc) is 2.32. The van der Waals surface area contributed by atoms with E-state index in [1.54, 1.807) is 6.66 Å². The number of para-hydroxylation sites is 1. The Hall–Kier alpha value is -1.73. The highest BCUT2D eigenvalue weighted by Crippen LogP contribution is 2.45. The molecule has 0 heterocycles. The molecular weight excluding hydrogens is 245 g/mol. The van der Waals surface area contributed by atoms with Crippen LogP contribution in [0.4, 0.5) is 0 Å². The van der Waals surface area contributed by atoms with Crippen LogP contribution >= 0.6 is 7.51 Å². The smallest absolute Gasteiger partial charge is 0.308 e. The zero-order chi connectivity index (χ0) is 13.0. The number of hydrogen-bond donors (Lipinski definition) is 1. The summed E-state index contributed by atoms with van der Waals surface area (Å²) in [5.41, 5.74) is 1.16. The average molecular weight is 261 g/mol. The Balaban J connectivity index is 2.08. The first-order valence-corrected chi connectivity index (χ1v) is 7.75. The van der Waals surface area contributed by atoms with Crippen molar-refractivity contribution in [2.75, 3.05) is 6.66 Å². The van der Waals surface area contributed by atoms with E-state index < -0.39 is 7.51 Å². The maximum atomic E-state index is 8.12. The summed E-state index contributed by atoms with van der Waals surface area (Å²) in [5.74, 6) is 1.33.